The molecule has 1 atom stereocenters. The molecule has 1 aliphatic heterocycles. The average molecular weight is 500 g/mol. The highest BCUT2D eigenvalue weighted by molar-refractivity contribution is 7.91. The number of ether oxygens (including phenoxy) is 1. The molecule has 0 spiro atoms. The number of carbonyl (C=O) groups is 2. The van der Waals surface area contributed by atoms with E-state index < -0.39 is 27.9 Å². The second-order valence-electron chi connectivity index (χ2n) is 6.90. The number of hydrogen-bond acceptors (Lipinski definition) is 7. The lowest BCUT2D eigenvalue weighted by molar-refractivity contribution is -0.121. The molecule has 1 amide bonds. The van der Waals surface area contributed by atoms with Crippen molar-refractivity contribution in [2.75, 3.05) is 13.7 Å². The summed E-state index contributed by atoms with van der Waals surface area (Å²) in [5, 5.41) is 0. The molecule has 12 heteroatoms. The van der Waals surface area contributed by atoms with E-state index in [-0.39, 0.29) is 10.8 Å². The van der Waals surface area contributed by atoms with E-state index in [2.05, 4.69) is 4.99 Å². The minimum absolute atomic E-state index is 0.111. The number of fused-ring (bicyclic) bond motifs is 1. The van der Waals surface area contributed by atoms with Crippen molar-refractivity contribution in [1.82, 2.24) is 8.87 Å². The van der Waals surface area contributed by atoms with Crippen LogP contribution in [0.4, 0.5) is 0 Å². The number of rotatable bonds is 4. The number of esters is 1. The van der Waals surface area contributed by atoms with Crippen LogP contribution in [-0.4, -0.2) is 48.9 Å². The van der Waals surface area contributed by atoms with Gasteiger partial charge in [-0.05, 0) is 43.2 Å². The molecule has 0 radical (unpaired) electrons. The molecule has 0 aliphatic carbocycles. The summed E-state index contributed by atoms with van der Waals surface area (Å²) in [4.78, 5) is 29.4. The van der Waals surface area contributed by atoms with E-state index >= 15 is 0 Å². The Morgan fingerprint density at radius 3 is 2.68 bits per heavy atom. The van der Waals surface area contributed by atoms with Crippen molar-refractivity contribution in [3.8, 4) is 0 Å². The van der Waals surface area contributed by atoms with Crippen LogP contribution in [0.2, 0.25) is 4.34 Å². The number of nitrogens with zero attached hydrogens (tertiary/aromatic N) is 3. The number of methoxy groups -OCH3 is 1. The zero-order valence-electron chi connectivity index (χ0n) is 16.6. The van der Waals surface area contributed by atoms with Crippen molar-refractivity contribution in [2.45, 2.75) is 23.1 Å². The molecular weight excluding hydrogens is 482 g/mol. The van der Waals surface area contributed by atoms with Gasteiger partial charge in [-0.15, -0.1) is 11.3 Å². The predicted octanol–water partition coefficient (Wildman–Crippen LogP) is 3.02. The maximum absolute atomic E-state index is 13.0. The summed E-state index contributed by atoms with van der Waals surface area (Å²) in [7, 11) is -0.750. The van der Waals surface area contributed by atoms with E-state index in [1.54, 1.807) is 29.8 Å². The van der Waals surface area contributed by atoms with Crippen LogP contribution in [0, 0.1) is 0 Å². The third kappa shape index (κ3) is 4.08. The van der Waals surface area contributed by atoms with E-state index in [1.807, 2.05) is 0 Å². The van der Waals surface area contributed by atoms with Gasteiger partial charge in [0.1, 0.15) is 10.3 Å². The molecule has 1 aliphatic rings. The van der Waals surface area contributed by atoms with E-state index in [0.29, 0.717) is 27.5 Å². The SMILES string of the molecule is COC(=O)c1ccc2c(c1)sc(=NC(=O)C1CCCN1S(=O)(=O)c1ccc(Cl)s1)n2C. The van der Waals surface area contributed by atoms with Crippen molar-refractivity contribution in [3.05, 3.63) is 45.0 Å². The molecule has 3 aromatic rings. The quantitative estimate of drug-likeness (QED) is 0.514. The van der Waals surface area contributed by atoms with E-state index in [9.17, 15) is 18.0 Å². The number of thiophene rings is 1. The lowest BCUT2D eigenvalue weighted by atomic mass is 10.2. The van der Waals surface area contributed by atoms with Crippen molar-refractivity contribution >= 4 is 66.4 Å². The highest BCUT2D eigenvalue weighted by atomic mass is 35.5. The van der Waals surface area contributed by atoms with Crippen molar-refractivity contribution in [3.63, 3.8) is 0 Å². The minimum atomic E-state index is -3.83. The van der Waals surface area contributed by atoms with Gasteiger partial charge in [-0.25, -0.2) is 13.2 Å². The molecule has 1 aromatic carbocycles. The third-order valence-corrected chi connectivity index (χ3v) is 9.74. The van der Waals surface area contributed by atoms with Gasteiger partial charge in [-0.2, -0.15) is 9.30 Å². The Balaban J connectivity index is 1.68. The van der Waals surface area contributed by atoms with E-state index in [4.69, 9.17) is 16.3 Å². The van der Waals surface area contributed by atoms with Gasteiger partial charge < -0.3 is 9.30 Å². The van der Waals surface area contributed by atoms with Gasteiger partial charge in [0.2, 0.25) is 0 Å². The molecule has 1 unspecified atom stereocenters. The minimum Gasteiger partial charge on any atom is -0.465 e. The molecule has 3 heterocycles. The van der Waals surface area contributed by atoms with E-state index in [0.717, 1.165) is 21.6 Å². The second kappa shape index (κ2) is 8.47. The second-order valence-corrected chi connectivity index (χ2v) is 11.7. The molecular formula is C19H18ClN3O5S3. The van der Waals surface area contributed by atoms with Gasteiger partial charge in [-0.3, -0.25) is 4.79 Å². The molecule has 2 aromatic heterocycles. The van der Waals surface area contributed by atoms with Gasteiger partial charge in [0, 0.05) is 13.6 Å². The number of thiazole rings is 1. The number of sulfonamides is 1. The predicted molar refractivity (Wildman–Crippen MR) is 119 cm³/mol. The molecule has 0 N–H and O–H groups in total. The largest absolute Gasteiger partial charge is 0.465 e. The monoisotopic (exact) mass is 499 g/mol. The molecule has 4 rings (SSSR count). The topological polar surface area (TPSA) is 98.0 Å². The number of hydrogen-bond donors (Lipinski definition) is 0. The summed E-state index contributed by atoms with van der Waals surface area (Å²) in [6.45, 7) is 0.255. The molecule has 0 bridgehead atoms. The average Bonchev–Trinajstić information content (AvgIpc) is 3.47. The summed E-state index contributed by atoms with van der Waals surface area (Å²) in [6.07, 6.45) is 0.979. The number of carbonyl (C=O) groups excluding carboxylic acids is 2. The molecule has 0 saturated carbocycles. The Morgan fingerprint density at radius 2 is 2.00 bits per heavy atom. The van der Waals surface area contributed by atoms with Crippen molar-refractivity contribution in [2.24, 2.45) is 12.0 Å². The molecule has 1 saturated heterocycles. The number of aromatic nitrogens is 1. The standard InChI is InChI=1S/C19H18ClN3O5S3/c1-22-12-6-5-11(18(25)28-2)10-14(12)29-19(22)21-17(24)13-4-3-9-23(13)31(26,27)16-8-7-15(20)30-16/h5-8,10,13H,3-4,9H2,1-2H3. The maximum atomic E-state index is 13.0. The maximum Gasteiger partial charge on any atom is 0.337 e. The van der Waals surface area contributed by atoms with E-state index in [1.165, 1.54) is 34.9 Å². The summed E-state index contributed by atoms with van der Waals surface area (Å²) < 4.78 is 34.9. The highest BCUT2D eigenvalue weighted by Crippen LogP contribution is 2.32. The number of halogens is 1. The third-order valence-electron chi connectivity index (χ3n) is 5.04. The van der Waals surface area contributed by atoms with Crippen molar-refractivity contribution < 1.29 is 22.7 Å². The Labute approximate surface area is 191 Å². The Kier molecular flexibility index (Phi) is 6.05. The summed E-state index contributed by atoms with van der Waals surface area (Å²) >= 11 is 8.11. The number of amides is 1. The molecule has 31 heavy (non-hydrogen) atoms. The van der Waals surface area contributed by atoms with Crippen LogP contribution < -0.4 is 4.80 Å². The van der Waals surface area contributed by atoms with Crippen LogP contribution >= 0.6 is 34.3 Å². The lowest BCUT2D eigenvalue weighted by Gasteiger charge is -2.20. The van der Waals surface area contributed by atoms with Crippen LogP contribution in [-0.2, 0) is 26.6 Å². The Morgan fingerprint density at radius 1 is 1.23 bits per heavy atom. The van der Waals surface area contributed by atoms with Crippen molar-refractivity contribution in [1.29, 1.82) is 0 Å². The fourth-order valence-corrected chi connectivity index (χ4v) is 7.81. The summed E-state index contributed by atoms with van der Waals surface area (Å²) in [5.74, 6) is -0.966. The van der Waals surface area contributed by atoms with Gasteiger partial charge >= 0.3 is 5.97 Å². The van der Waals surface area contributed by atoms with Crippen LogP contribution in [0.1, 0.15) is 23.2 Å². The smallest absolute Gasteiger partial charge is 0.337 e. The fraction of sp³-hybridized carbons (Fsp3) is 0.316. The van der Waals surface area contributed by atoms with Crippen LogP contribution in [0.5, 0.6) is 0 Å². The van der Waals surface area contributed by atoms with Gasteiger partial charge in [0.25, 0.3) is 15.9 Å². The Hall–Kier alpha value is -2.05. The molecule has 164 valence electrons. The summed E-state index contributed by atoms with van der Waals surface area (Å²) in [5.41, 5.74) is 1.20. The van der Waals surface area contributed by atoms with Gasteiger partial charge in [0.05, 0.1) is 27.2 Å². The first-order valence-corrected chi connectivity index (χ1v) is 12.7. The number of aryl methyl sites for hydroxylation is 1. The Bertz CT molecular complexity index is 1360. The fourth-order valence-electron chi connectivity index (χ4n) is 3.48. The zero-order chi connectivity index (χ0) is 22.3. The van der Waals surface area contributed by atoms with Gasteiger partial charge in [-0.1, -0.05) is 22.9 Å². The highest BCUT2D eigenvalue weighted by Gasteiger charge is 2.40. The lowest BCUT2D eigenvalue weighted by Crippen LogP contribution is -2.40. The first-order valence-electron chi connectivity index (χ1n) is 9.26. The molecule has 8 nitrogen and oxygen atoms in total. The number of benzene rings is 1. The van der Waals surface area contributed by atoms with Crippen LogP contribution in [0.3, 0.4) is 0 Å². The first-order chi connectivity index (χ1) is 14.7. The van der Waals surface area contributed by atoms with Crippen LogP contribution in [0.25, 0.3) is 10.2 Å². The molecule has 1 fully saturated rings. The van der Waals surface area contributed by atoms with Crippen LogP contribution in [0.15, 0.2) is 39.5 Å². The normalized spacial score (nSPS) is 18.0. The zero-order valence-corrected chi connectivity index (χ0v) is 19.8. The van der Waals surface area contributed by atoms with Gasteiger partial charge in [0.15, 0.2) is 4.80 Å². The summed E-state index contributed by atoms with van der Waals surface area (Å²) in [6, 6.07) is 7.20. The first kappa shape index (κ1) is 22.2.